The van der Waals surface area contributed by atoms with E-state index in [4.69, 9.17) is 5.11 Å². The largest absolute Gasteiger partial charge is 0.481 e. The molecule has 1 heterocycles. The standard InChI is InChI=1S/C11H12N2O2/c1-2-9-12-8-5-3-4-7(6-10(14)15)11(8)13-9/h3-5H,2,6H2,1H3,(H,12,13)(H,14,15). The first-order valence-corrected chi connectivity index (χ1v) is 4.89. The molecule has 0 aliphatic rings. The summed E-state index contributed by atoms with van der Waals surface area (Å²) in [5, 5.41) is 8.75. The fourth-order valence-electron chi connectivity index (χ4n) is 1.62. The summed E-state index contributed by atoms with van der Waals surface area (Å²) in [4.78, 5) is 18.2. The van der Waals surface area contributed by atoms with Crippen LogP contribution in [0.3, 0.4) is 0 Å². The van der Waals surface area contributed by atoms with Gasteiger partial charge in [0.15, 0.2) is 0 Å². The third kappa shape index (κ3) is 1.83. The maximum absolute atomic E-state index is 10.7. The average molecular weight is 204 g/mol. The van der Waals surface area contributed by atoms with Gasteiger partial charge in [-0.3, -0.25) is 4.79 Å². The van der Waals surface area contributed by atoms with Crippen LogP contribution in [0.1, 0.15) is 18.3 Å². The normalized spacial score (nSPS) is 10.7. The maximum Gasteiger partial charge on any atom is 0.307 e. The number of nitrogens with zero attached hydrogens (tertiary/aromatic N) is 1. The molecule has 0 amide bonds. The molecule has 1 aromatic carbocycles. The third-order valence-corrected chi connectivity index (χ3v) is 2.32. The van der Waals surface area contributed by atoms with E-state index in [1.165, 1.54) is 0 Å². The highest BCUT2D eigenvalue weighted by Gasteiger charge is 2.08. The summed E-state index contributed by atoms with van der Waals surface area (Å²) in [6.07, 6.45) is 0.840. The number of para-hydroxylation sites is 1. The molecular formula is C11H12N2O2. The first-order chi connectivity index (χ1) is 7.20. The summed E-state index contributed by atoms with van der Waals surface area (Å²) in [5.41, 5.74) is 2.44. The summed E-state index contributed by atoms with van der Waals surface area (Å²) in [6.45, 7) is 2.01. The minimum Gasteiger partial charge on any atom is -0.481 e. The Hall–Kier alpha value is -1.84. The van der Waals surface area contributed by atoms with Crippen molar-refractivity contribution in [3.8, 4) is 0 Å². The molecule has 0 unspecified atom stereocenters. The fourth-order valence-corrected chi connectivity index (χ4v) is 1.62. The van der Waals surface area contributed by atoms with Gasteiger partial charge in [0.25, 0.3) is 0 Å². The molecule has 0 aliphatic heterocycles. The van der Waals surface area contributed by atoms with Crippen molar-refractivity contribution in [1.82, 2.24) is 9.97 Å². The number of imidazole rings is 1. The van der Waals surface area contributed by atoms with Crippen molar-refractivity contribution in [2.24, 2.45) is 0 Å². The molecule has 0 aliphatic carbocycles. The number of carbonyl (C=O) groups is 1. The number of aryl methyl sites for hydroxylation is 1. The van der Waals surface area contributed by atoms with Crippen molar-refractivity contribution in [1.29, 1.82) is 0 Å². The minimum absolute atomic E-state index is 0.0192. The Bertz CT molecular complexity index is 502. The monoisotopic (exact) mass is 204 g/mol. The number of aliphatic carboxylic acids is 1. The van der Waals surface area contributed by atoms with E-state index in [0.717, 1.165) is 28.8 Å². The smallest absolute Gasteiger partial charge is 0.307 e. The van der Waals surface area contributed by atoms with Gasteiger partial charge in [0, 0.05) is 6.42 Å². The number of aromatic amines is 1. The van der Waals surface area contributed by atoms with Gasteiger partial charge in [-0.2, -0.15) is 0 Å². The van der Waals surface area contributed by atoms with Crippen LogP contribution >= 0.6 is 0 Å². The van der Waals surface area contributed by atoms with Crippen molar-refractivity contribution in [3.63, 3.8) is 0 Å². The van der Waals surface area contributed by atoms with Gasteiger partial charge < -0.3 is 10.1 Å². The Kier molecular flexibility index (Phi) is 2.41. The number of benzene rings is 1. The van der Waals surface area contributed by atoms with Gasteiger partial charge in [0.2, 0.25) is 0 Å². The first kappa shape index (κ1) is 9.71. The van der Waals surface area contributed by atoms with Crippen molar-refractivity contribution >= 4 is 17.0 Å². The van der Waals surface area contributed by atoms with Gasteiger partial charge in [0.1, 0.15) is 5.82 Å². The lowest BCUT2D eigenvalue weighted by Gasteiger charge is -1.96. The van der Waals surface area contributed by atoms with Crippen LogP contribution in [0.25, 0.3) is 11.0 Å². The minimum atomic E-state index is -0.830. The average Bonchev–Trinajstić information content (AvgIpc) is 2.61. The second kappa shape index (κ2) is 3.73. The molecule has 4 heteroatoms. The number of nitrogens with one attached hydrogen (secondary N) is 1. The Morgan fingerprint density at radius 3 is 3.00 bits per heavy atom. The van der Waals surface area contributed by atoms with E-state index in [2.05, 4.69) is 9.97 Å². The second-order valence-electron chi connectivity index (χ2n) is 3.42. The van der Waals surface area contributed by atoms with Crippen molar-refractivity contribution < 1.29 is 9.90 Å². The highest BCUT2D eigenvalue weighted by atomic mass is 16.4. The molecular weight excluding hydrogens is 192 g/mol. The summed E-state index contributed by atoms with van der Waals surface area (Å²) in [6, 6.07) is 5.56. The quantitative estimate of drug-likeness (QED) is 0.800. The molecule has 2 N–H and O–H groups in total. The molecule has 0 saturated carbocycles. The zero-order chi connectivity index (χ0) is 10.8. The molecule has 0 fully saturated rings. The Balaban J connectivity index is 2.54. The van der Waals surface area contributed by atoms with E-state index in [0.29, 0.717) is 0 Å². The zero-order valence-corrected chi connectivity index (χ0v) is 8.45. The van der Waals surface area contributed by atoms with Crippen LogP contribution in [0.5, 0.6) is 0 Å². The van der Waals surface area contributed by atoms with E-state index in [1.807, 2.05) is 19.1 Å². The van der Waals surface area contributed by atoms with Gasteiger partial charge in [-0.25, -0.2) is 4.98 Å². The molecule has 4 nitrogen and oxygen atoms in total. The van der Waals surface area contributed by atoms with Crippen LogP contribution in [0.4, 0.5) is 0 Å². The molecule has 0 radical (unpaired) electrons. The molecule has 0 bridgehead atoms. The maximum atomic E-state index is 10.7. The molecule has 1 aromatic heterocycles. The fraction of sp³-hybridized carbons (Fsp3) is 0.273. The van der Waals surface area contributed by atoms with Gasteiger partial charge >= 0.3 is 5.97 Å². The van der Waals surface area contributed by atoms with Crippen LogP contribution in [0, 0.1) is 0 Å². The summed E-state index contributed by atoms with van der Waals surface area (Å²) in [7, 11) is 0. The van der Waals surface area contributed by atoms with Gasteiger partial charge in [0.05, 0.1) is 17.5 Å². The number of carboxylic acid groups (broad SMARTS) is 1. The Labute approximate surface area is 87.0 Å². The number of hydrogen-bond donors (Lipinski definition) is 2. The molecule has 0 spiro atoms. The van der Waals surface area contributed by atoms with E-state index < -0.39 is 5.97 Å². The van der Waals surface area contributed by atoms with E-state index in [9.17, 15) is 4.79 Å². The van der Waals surface area contributed by atoms with E-state index in [-0.39, 0.29) is 6.42 Å². The van der Waals surface area contributed by atoms with Gasteiger partial charge in [-0.05, 0) is 11.6 Å². The van der Waals surface area contributed by atoms with Crippen LogP contribution in [-0.2, 0) is 17.6 Å². The van der Waals surface area contributed by atoms with Crippen LogP contribution in [-0.4, -0.2) is 21.0 Å². The third-order valence-electron chi connectivity index (χ3n) is 2.32. The highest BCUT2D eigenvalue weighted by Crippen LogP contribution is 2.17. The van der Waals surface area contributed by atoms with Gasteiger partial charge in [-0.1, -0.05) is 19.1 Å². The number of H-pyrrole nitrogens is 1. The molecule has 0 atom stereocenters. The van der Waals surface area contributed by atoms with E-state index in [1.54, 1.807) is 6.07 Å². The number of hydrogen-bond acceptors (Lipinski definition) is 2. The highest BCUT2D eigenvalue weighted by molar-refractivity contribution is 5.83. The number of carboxylic acids is 1. The van der Waals surface area contributed by atoms with Crippen LogP contribution < -0.4 is 0 Å². The zero-order valence-electron chi connectivity index (χ0n) is 8.45. The lowest BCUT2D eigenvalue weighted by molar-refractivity contribution is -0.136. The lowest BCUT2D eigenvalue weighted by Crippen LogP contribution is -2.00. The number of fused-ring (bicyclic) bond motifs is 1. The summed E-state index contributed by atoms with van der Waals surface area (Å²) < 4.78 is 0. The second-order valence-corrected chi connectivity index (χ2v) is 3.42. The Morgan fingerprint density at radius 1 is 1.53 bits per heavy atom. The lowest BCUT2D eigenvalue weighted by atomic mass is 10.1. The molecule has 2 rings (SSSR count). The number of aromatic nitrogens is 2. The predicted octanol–water partition coefficient (Wildman–Crippen LogP) is 1.75. The Morgan fingerprint density at radius 2 is 2.33 bits per heavy atom. The van der Waals surface area contributed by atoms with Gasteiger partial charge in [-0.15, -0.1) is 0 Å². The van der Waals surface area contributed by atoms with Crippen LogP contribution in [0.2, 0.25) is 0 Å². The van der Waals surface area contributed by atoms with Crippen molar-refractivity contribution in [2.45, 2.75) is 19.8 Å². The molecule has 2 aromatic rings. The molecule has 0 saturated heterocycles. The van der Waals surface area contributed by atoms with E-state index >= 15 is 0 Å². The summed E-state index contributed by atoms with van der Waals surface area (Å²) in [5.74, 6) is 0.0615. The summed E-state index contributed by atoms with van der Waals surface area (Å²) >= 11 is 0. The van der Waals surface area contributed by atoms with Crippen LogP contribution in [0.15, 0.2) is 18.2 Å². The van der Waals surface area contributed by atoms with Crippen molar-refractivity contribution in [2.75, 3.05) is 0 Å². The van der Waals surface area contributed by atoms with Crippen molar-refractivity contribution in [3.05, 3.63) is 29.6 Å². The first-order valence-electron chi connectivity index (χ1n) is 4.89. The SMILES string of the molecule is CCc1nc2c(CC(=O)O)cccc2[nH]1. The predicted molar refractivity (Wildman–Crippen MR) is 56.8 cm³/mol. The molecule has 78 valence electrons. The topological polar surface area (TPSA) is 66.0 Å². The molecule has 15 heavy (non-hydrogen) atoms. The number of rotatable bonds is 3.